The van der Waals surface area contributed by atoms with Crippen molar-refractivity contribution in [3.8, 4) is 10.6 Å². The number of halogens is 2. The summed E-state index contributed by atoms with van der Waals surface area (Å²) < 4.78 is 15.1. The molecule has 0 amide bonds. The minimum atomic E-state index is -0.793. The predicted octanol–water partition coefficient (Wildman–Crippen LogP) is 5.31. The molecule has 0 saturated carbocycles. The third-order valence-electron chi connectivity index (χ3n) is 3.60. The normalized spacial score (nSPS) is 12.5. The first-order valence-electron chi connectivity index (χ1n) is 7.40. The molecular formula is C17H17BrFN3S. The molecule has 0 N–H and O–H groups in total. The first kappa shape index (κ1) is 16.3. The second kappa shape index (κ2) is 6.93. The van der Waals surface area contributed by atoms with Gasteiger partial charge in [-0.05, 0) is 43.7 Å². The molecule has 0 radical (unpaired) electrons. The van der Waals surface area contributed by atoms with Crippen LogP contribution in [0.1, 0.15) is 13.3 Å². The van der Waals surface area contributed by atoms with Gasteiger partial charge in [0.2, 0.25) is 0 Å². The molecule has 0 spiro atoms. The molecule has 23 heavy (non-hydrogen) atoms. The van der Waals surface area contributed by atoms with Crippen LogP contribution >= 0.6 is 27.3 Å². The van der Waals surface area contributed by atoms with Gasteiger partial charge in [-0.2, -0.15) is 0 Å². The summed E-state index contributed by atoms with van der Waals surface area (Å²) in [6.07, 6.45) is 1.54. The molecule has 0 aliphatic rings. The van der Waals surface area contributed by atoms with Crippen molar-refractivity contribution in [1.82, 2.24) is 9.97 Å². The highest BCUT2D eigenvalue weighted by Crippen LogP contribution is 2.31. The lowest BCUT2D eigenvalue weighted by Gasteiger charge is -2.18. The SMILES string of the molecule is CC(F)CCN(C)c1ccc(-c2nc3ccc(Br)cc3s2)cn1. The highest BCUT2D eigenvalue weighted by molar-refractivity contribution is 9.10. The highest BCUT2D eigenvalue weighted by Gasteiger charge is 2.09. The first-order chi connectivity index (χ1) is 11.0. The number of hydrogen-bond acceptors (Lipinski definition) is 4. The van der Waals surface area contributed by atoms with Crippen molar-refractivity contribution in [3.63, 3.8) is 0 Å². The molecular weight excluding hydrogens is 377 g/mol. The molecule has 3 aromatic rings. The summed E-state index contributed by atoms with van der Waals surface area (Å²) >= 11 is 5.13. The number of aromatic nitrogens is 2. The Morgan fingerprint density at radius 1 is 1.30 bits per heavy atom. The number of pyridine rings is 1. The topological polar surface area (TPSA) is 29.0 Å². The van der Waals surface area contributed by atoms with E-state index in [1.807, 2.05) is 42.4 Å². The van der Waals surface area contributed by atoms with Crippen molar-refractivity contribution in [2.75, 3.05) is 18.5 Å². The average molecular weight is 394 g/mol. The quantitative estimate of drug-likeness (QED) is 0.588. The molecule has 1 unspecified atom stereocenters. The van der Waals surface area contributed by atoms with E-state index in [1.54, 1.807) is 18.3 Å². The Morgan fingerprint density at radius 2 is 2.13 bits per heavy atom. The van der Waals surface area contributed by atoms with Gasteiger partial charge < -0.3 is 4.90 Å². The Morgan fingerprint density at radius 3 is 2.83 bits per heavy atom. The van der Waals surface area contributed by atoms with Crippen LogP contribution in [0.2, 0.25) is 0 Å². The van der Waals surface area contributed by atoms with Gasteiger partial charge in [-0.15, -0.1) is 11.3 Å². The average Bonchev–Trinajstić information content (AvgIpc) is 2.95. The van der Waals surface area contributed by atoms with Crippen LogP contribution in [0.15, 0.2) is 41.0 Å². The zero-order chi connectivity index (χ0) is 16.4. The van der Waals surface area contributed by atoms with E-state index in [-0.39, 0.29) is 0 Å². The van der Waals surface area contributed by atoms with Gasteiger partial charge in [0.15, 0.2) is 0 Å². The lowest BCUT2D eigenvalue weighted by molar-refractivity contribution is 0.343. The molecule has 0 saturated heterocycles. The number of fused-ring (bicyclic) bond motifs is 1. The molecule has 120 valence electrons. The van der Waals surface area contributed by atoms with Crippen LogP contribution in [0.5, 0.6) is 0 Å². The van der Waals surface area contributed by atoms with E-state index < -0.39 is 6.17 Å². The Kier molecular flexibility index (Phi) is 4.92. The lowest BCUT2D eigenvalue weighted by atomic mass is 10.2. The summed E-state index contributed by atoms with van der Waals surface area (Å²) in [6, 6.07) is 10.1. The van der Waals surface area contributed by atoms with Crippen molar-refractivity contribution in [2.24, 2.45) is 0 Å². The van der Waals surface area contributed by atoms with Gasteiger partial charge in [-0.3, -0.25) is 0 Å². The molecule has 2 aromatic heterocycles. The standard InChI is InChI=1S/C17H17BrFN3S/c1-11(19)7-8-22(2)16-6-3-12(10-20-16)17-21-14-5-4-13(18)9-15(14)23-17/h3-6,9-11H,7-8H2,1-2H3. The Bertz CT molecular complexity index is 801. The maximum Gasteiger partial charge on any atom is 0.128 e. The van der Waals surface area contributed by atoms with Crippen LogP contribution in [0, 0.1) is 0 Å². The van der Waals surface area contributed by atoms with E-state index in [4.69, 9.17) is 0 Å². The van der Waals surface area contributed by atoms with Gasteiger partial charge in [-0.25, -0.2) is 14.4 Å². The Hall–Kier alpha value is -1.53. The molecule has 1 atom stereocenters. The van der Waals surface area contributed by atoms with Gasteiger partial charge >= 0.3 is 0 Å². The third kappa shape index (κ3) is 3.87. The maximum absolute atomic E-state index is 12.9. The van der Waals surface area contributed by atoms with E-state index in [2.05, 4.69) is 32.0 Å². The van der Waals surface area contributed by atoms with Crippen molar-refractivity contribution in [2.45, 2.75) is 19.5 Å². The summed E-state index contributed by atoms with van der Waals surface area (Å²) in [4.78, 5) is 11.1. The summed E-state index contributed by atoms with van der Waals surface area (Å²) in [7, 11) is 1.93. The van der Waals surface area contributed by atoms with Crippen LogP contribution in [0.3, 0.4) is 0 Å². The highest BCUT2D eigenvalue weighted by atomic mass is 79.9. The van der Waals surface area contributed by atoms with E-state index in [9.17, 15) is 4.39 Å². The fraction of sp³-hybridized carbons (Fsp3) is 0.294. The van der Waals surface area contributed by atoms with Crippen LogP contribution in [-0.4, -0.2) is 29.7 Å². The van der Waals surface area contributed by atoms with E-state index in [0.29, 0.717) is 13.0 Å². The zero-order valence-corrected chi connectivity index (χ0v) is 15.4. The van der Waals surface area contributed by atoms with Gasteiger partial charge in [0, 0.05) is 29.8 Å². The van der Waals surface area contributed by atoms with E-state index >= 15 is 0 Å². The van der Waals surface area contributed by atoms with Gasteiger partial charge in [0.1, 0.15) is 10.8 Å². The van der Waals surface area contributed by atoms with Gasteiger partial charge in [0.25, 0.3) is 0 Å². The van der Waals surface area contributed by atoms with Crippen molar-refractivity contribution in [3.05, 3.63) is 41.0 Å². The summed E-state index contributed by atoms with van der Waals surface area (Å²) in [5, 5.41) is 0.956. The molecule has 0 bridgehead atoms. The van der Waals surface area contributed by atoms with Crippen LogP contribution in [0.25, 0.3) is 20.8 Å². The third-order valence-corrected chi connectivity index (χ3v) is 5.16. The summed E-state index contributed by atoms with van der Waals surface area (Å²) in [6.45, 7) is 2.23. The number of anilines is 1. The number of hydrogen-bond donors (Lipinski definition) is 0. The molecule has 3 nitrogen and oxygen atoms in total. The smallest absolute Gasteiger partial charge is 0.128 e. The van der Waals surface area contributed by atoms with Crippen molar-refractivity contribution < 1.29 is 4.39 Å². The first-order valence-corrected chi connectivity index (χ1v) is 9.01. The second-order valence-electron chi connectivity index (χ2n) is 5.53. The molecule has 3 rings (SSSR count). The van der Waals surface area contributed by atoms with E-state index in [0.717, 1.165) is 31.1 Å². The van der Waals surface area contributed by atoms with Crippen molar-refractivity contribution >= 4 is 43.3 Å². The van der Waals surface area contributed by atoms with E-state index in [1.165, 1.54) is 0 Å². The number of alkyl halides is 1. The predicted molar refractivity (Wildman–Crippen MR) is 99.0 cm³/mol. The lowest BCUT2D eigenvalue weighted by Crippen LogP contribution is -2.21. The Labute approximate surface area is 147 Å². The minimum Gasteiger partial charge on any atom is -0.360 e. The molecule has 0 fully saturated rings. The van der Waals surface area contributed by atoms with Gasteiger partial charge in [0.05, 0.1) is 16.4 Å². The molecule has 0 aliphatic heterocycles. The molecule has 2 heterocycles. The van der Waals surface area contributed by atoms with Crippen LogP contribution in [0.4, 0.5) is 10.2 Å². The van der Waals surface area contributed by atoms with Crippen LogP contribution in [-0.2, 0) is 0 Å². The molecule has 0 aliphatic carbocycles. The zero-order valence-electron chi connectivity index (χ0n) is 13.0. The van der Waals surface area contributed by atoms with Crippen molar-refractivity contribution in [1.29, 1.82) is 0 Å². The maximum atomic E-state index is 12.9. The minimum absolute atomic E-state index is 0.507. The number of nitrogens with zero attached hydrogens (tertiary/aromatic N) is 3. The summed E-state index contributed by atoms with van der Waals surface area (Å²) in [5.41, 5.74) is 1.99. The second-order valence-corrected chi connectivity index (χ2v) is 7.47. The fourth-order valence-corrected chi connectivity index (χ4v) is 3.75. The number of rotatable bonds is 5. The molecule has 1 aromatic carbocycles. The largest absolute Gasteiger partial charge is 0.360 e. The van der Waals surface area contributed by atoms with Crippen LogP contribution < -0.4 is 4.90 Å². The fourth-order valence-electron chi connectivity index (χ4n) is 2.25. The number of benzene rings is 1. The number of thiazole rings is 1. The Balaban J connectivity index is 1.80. The summed E-state index contributed by atoms with van der Waals surface area (Å²) in [5.74, 6) is 0.846. The van der Waals surface area contributed by atoms with Gasteiger partial charge in [-0.1, -0.05) is 15.9 Å². The monoisotopic (exact) mass is 393 g/mol. The molecule has 6 heteroatoms.